The van der Waals surface area contributed by atoms with E-state index in [2.05, 4.69) is 10.6 Å². The van der Waals surface area contributed by atoms with E-state index in [9.17, 15) is 9.59 Å². The minimum atomic E-state index is -0.170. The first kappa shape index (κ1) is 17.5. The summed E-state index contributed by atoms with van der Waals surface area (Å²) in [5.41, 5.74) is 1.76. The Balaban J connectivity index is 1.75. The van der Waals surface area contributed by atoms with Crippen LogP contribution in [0.25, 0.3) is 0 Å². The lowest BCUT2D eigenvalue weighted by atomic mass is 10.1. The fourth-order valence-corrected chi connectivity index (χ4v) is 2.97. The van der Waals surface area contributed by atoms with Crippen molar-refractivity contribution in [3.63, 3.8) is 0 Å². The molecule has 0 spiro atoms. The van der Waals surface area contributed by atoms with E-state index in [1.807, 2.05) is 31.2 Å². The summed E-state index contributed by atoms with van der Waals surface area (Å²) in [4.78, 5) is 24.1. The lowest BCUT2D eigenvalue weighted by molar-refractivity contribution is -0.125. The Bertz CT molecular complexity index is 522. The minimum Gasteiger partial charge on any atom is -0.396 e. The first-order chi connectivity index (χ1) is 11.1. The van der Waals surface area contributed by atoms with Crippen molar-refractivity contribution >= 4 is 17.5 Å². The Labute approximate surface area is 137 Å². The fourth-order valence-electron chi connectivity index (χ4n) is 2.97. The Morgan fingerprint density at radius 2 is 1.87 bits per heavy atom. The van der Waals surface area contributed by atoms with Crippen LogP contribution in [0.3, 0.4) is 0 Å². The maximum Gasteiger partial charge on any atom is 0.226 e. The van der Waals surface area contributed by atoms with Gasteiger partial charge in [-0.05, 0) is 43.9 Å². The van der Waals surface area contributed by atoms with Gasteiger partial charge in [0.15, 0.2) is 0 Å². The average molecular weight is 318 g/mol. The molecule has 5 heteroatoms. The van der Waals surface area contributed by atoms with Gasteiger partial charge in [-0.1, -0.05) is 25.0 Å². The second-order valence-corrected chi connectivity index (χ2v) is 6.31. The second-order valence-electron chi connectivity index (χ2n) is 6.31. The number of benzene rings is 1. The Morgan fingerprint density at radius 3 is 2.48 bits per heavy atom. The summed E-state index contributed by atoms with van der Waals surface area (Å²) in [6, 6.07) is 7.25. The van der Waals surface area contributed by atoms with Crippen molar-refractivity contribution in [2.75, 3.05) is 11.9 Å². The molecule has 1 aromatic carbocycles. The summed E-state index contributed by atoms with van der Waals surface area (Å²) in [5, 5.41) is 14.6. The molecule has 2 rings (SSSR count). The highest BCUT2D eigenvalue weighted by Crippen LogP contribution is 2.24. The van der Waals surface area contributed by atoms with Crippen molar-refractivity contribution < 1.29 is 14.7 Å². The lowest BCUT2D eigenvalue weighted by Gasteiger charge is -2.16. The van der Waals surface area contributed by atoms with E-state index >= 15 is 0 Å². The zero-order valence-corrected chi connectivity index (χ0v) is 13.7. The first-order valence-electron chi connectivity index (χ1n) is 8.38. The van der Waals surface area contributed by atoms with E-state index in [4.69, 9.17) is 5.11 Å². The highest BCUT2D eigenvalue weighted by atomic mass is 16.3. The predicted molar refractivity (Wildman–Crippen MR) is 90.0 cm³/mol. The number of rotatable bonds is 7. The summed E-state index contributed by atoms with van der Waals surface area (Å²) in [6.45, 7) is 1.97. The molecule has 1 atom stereocenters. The number of aliphatic hydroxyl groups excluding tert-OH is 1. The second kappa shape index (κ2) is 8.67. The molecule has 1 aliphatic carbocycles. The SMILES string of the molecule is C[C@@H](CC(=O)Nc1ccc(CCO)cc1)NC(=O)C1CCCC1. The first-order valence-corrected chi connectivity index (χ1v) is 8.38. The largest absolute Gasteiger partial charge is 0.396 e. The number of amides is 2. The summed E-state index contributed by atoms with van der Waals surface area (Å²) in [6.07, 6.45) is 5.05. The molecule has 0 unspecified atom stereocenters. The fraction of sp³-hybridized carbons (Fsp3) is 0.556. The summed E-state index contributed by atoms with van der Waals surface area (Å²) in [7, 11) is 0. The van der Waals surface area contributed by atoms with Gasteiger partial charge in [-0.2, -0.15) is 0 Å². The van der Waals surface area contributed by atoms with Gasteiger partial charge in [-0.15, -0.1) is 0 Å². The van der Waals surface area contributed by atoms with Crippen LogP contribution in [0.5, 0.6) is 0 Å². The molecule has 0 aromatic heterocycles. The van der Waals surface area contributed by atoms with Crippen molar-refractivity contribution in [3.05, 3.63) is 29.8 Å². The van der Waals surface area contributed by atoms with Crippen LogP contribution in [0.1, 0.15) is 44.6 Å². The highest BCUT2D eigenvalue weighted by molar-refractivity contribution is 5.91. The number of aliphatic hydroxyl groups is 1. The third-order valence-corrected chi connectivity index (χ3v) is 4.24. The van der Waals surface area contributed by atoms with Gasteiger partial charge in [0, 0.05) is 30.7 Å². The number of anilines is 1. The summed E-state index contributed by atoms with van der Waals surface area (Å²) >= 11 is 0. The Kier molecular flexibility index (Phi) is 6.59. The standard InChI is InChI=1S/C18H26N2O3/c1-13(19-18(23)15-4-2-3-5-15)12-17(22)20-16-8-6-14(7-9-16)10-11-21/h6-9,13,15,21H,2-5,10-12H2,1H3,(H,19,23)(H,20,22)/t13-/m0/s1. The molecule has 2 amide bonds. The van der Waals surface area contributed by atoms with Gasteiger partial charge in [-0.3, -0.25) is 9.59 Å². The van der Waals surface area contributed by atoms with Gasteiger partial charge < -0.3 is 15.7 Å². The maximum absolute atomic E-state index is 12.0. The monoisotopic (exact) mass is 318 g/mol. The van der Waals surface area contributed by atoms with Crippen molar-refractivity contribution in [2.24, 2.45) is 5.92 Å². The lowest BCUT2D eigenvalue weighted by Crippen LogP contribution is -2.38. The molecule has 0 aliphatic heterocycles. The summed E-state index contributed by atoms with van der Waals surface area (Å²) in [5.74, 6) is 0.0925. The average Bonchev–Trinajstić information content (AvgIpc) is 3.03. The molecule has 5 nitrogen and oxygen atoms in total. The molecular weight excluding hydrogens is 292 g/mol. The van der Waals surface area contributed by atoms with E-state index in [0.717, 1.165) is 36.9 Å². The van der Waals surface area contributed by atoms with Gasteiger partial charge in [-0.25, -0.2) is 0 Å². The molecule has 0 saturated heterocycles. The zero-order valence-electron chi connectivity index (χ0n) is 13.7. The smallest absolute Gasteiger partial charge is 0.226 e. The third kappa shape index (κ3) is 5.67. The maximum atomic E-state index is 12.0. The number of hydrogen-bond donors (Lipinski definition) is 3. The molecule has 1 fully saturated rings. The van der Waals surface area contributed by atoms with Gasteiger partial charge in [0.1, 0.15) is 0 Å². The number of nitrogens with one attached hydrogen (secondary N) is 2. The van der Waals surface area contributed by atoms with E-state index < -0.39 is 0 Å². The summed E-state index contributed by atoms with van der Waals surface area (Å²) < 4.78 is 0. The molecule has 3 N–H and O–H groups in total. The molecule has 1 aromatic rings. The van der Waals surface area contributed by atoms with Crippen molar-refractivity contribution in [3.8, 4) is 0 Å². The van der Waals surface area contributed by atoms with Gasteiger partial charge >= 0.3 is 0 Å². The number of carbonyl (C=O) groups is 2. The third-order valence-electron chi connectivity index (χ3n) is 4.24. The molecule has 1 saturated carbocycles. The molecule has 0 bridgehead atoms. The normalized spacial score (nSPS) is 16.1. The van der Waals surface area contributed by atoms with Gasteiger partial charge in [0.2, 0.25) is 11.8 Å². The van der Waals surface area contributed by atoms with Crippen molar-refractivity contribution in [1.82, 2.24) is 5.32 Å². The van der Waals surface area contributed by atoms with Crippen LogP contribution in [0, 0.1) is 5.92 Å². The van der Waals surface area contributed by atoms with E-state index in [1.165, 1.54) is 0 Å². The molecule has 0 heterocycles. The molecule has 23 heavy (non-hydrogen) atoms. The Morgan fingerprint density at radius 1 is 1.22 bits per heavy atom. The minimum absolute atomic E-state index is 0.0798. The van der Waals surface area contributed by atoms with E-state index in [1.54, 1.807) is 0 Å². The van der Waals surface area contributed by atoms with E-state index in [-0.39, 0.29) is 36.8 Å². The van der Waals surface area contributed by atoms with Gasteiger partial charge in [0.25, 0.3) is 0 Å². The van der Waals surface area contributed by atoms with Crippen LogP contribution in [0.4, 0.5) is 5.69 Å². The molecule has 0 radical (unpaired) electrons. The van der Waals surface area contributed by atoms with Crippen LogP contribution < -0.4 is 10.6 Å². The predicted octanol–water partition coefficient (Wildman–Crippen LogP) is 2.24. The van der Waals surface area contributed by atoms with Crippen LogP contribution in [-0.2, 0) is 16.0 Å². The molecular formula is C18H26N2O3. The van der Waals surface area contributed by atoms with Crippen LogP contribution in [0.15, 0.2) is 24.3 Å². The topological polar surface area (TPSA) is 78.4 Å². The van der Waals surface area contributed by atoms with Crippen molar-refractivity contribution in [2.45, 2.75) is 51.5 Å². The number of hydrogen-bond acceptors (Lipinski definition) is 3. The van der Waals surface area contributed by atoms with Crippen molar-refractivity contribution in [1.29, 1.82) is 0 Å². The van der Waals surface area contributed by atoms with E-state index in [0.29, 0.717) is 6.42 Å². The number of carbonyl (C=O) groups excluding carboxylic acids is 2. The molecule has 1 aliphatic rings. The quantitative estimate of drug-likeness (QED) is 0.721. The highest BCUT2D eigenvalue weighted by Gasteiger charge is 2.24. The van der Waals surface area contributed by atoms with Gasteiger partial charge in [0.05, 0.1) is 0 Å². The zero-order chi connectivity index (χ0) is 16.7. The van der Waals surface area contributed by atoms with Crippen LogP contribution in [-0.4, -0.2) is 29.6 Å². The Hall–Kier alpha value is -1.88. The molecule has 126 valence electrons. The van der Waals surface area contributed by atoms with Crippen LogP contribution in [0.2, 0.25) is 0 Å². The van der Waals surface area contributed by atoms with Crippen LogP contribution >= 0.6 is 0 Å².